The molecular formula is C17H25N3O2. The Bertz CT molecular complexity index is 511. The molecule has 1 aromatic carbocycles. The van der Waals surface area contributed by atoms with Gasteiger partial charge in [-0.05, 0) is 38.2 Å². The first kappa shape index (κ1) is 15.3. The van der Waals surface area contributed by atoms with Crippen LogP contribution in [0.25, 0.3) is 0 Å². The molecule has 2 saturated heterocycles. The first-order valence-corrected chi connectivity index (χ1v) is 8.07. The van der Waals surface area contributed by atoms with E-state index in [0.717, 1.165) is 51.5 Å². The molecule has 0 spiro atoms. The van der Waals surface area contributed by atoms with Crippen LogP contribution in [0.2, 0.25) is 0 Å². The maximum Gasteiger partial charge on any atom is 0.254 e. The molecule has 0 aromatic heterocycles. The molecule has 0 N–H and O–H groups in total. The predicted molar refractivity (Wildman–Crippen MR) is 87.5 cm³/mol. The van der Waals surface area contributed by atoms with Crippen LogP contribution in [0.5, 0.6) is 0 Å². The Kier molecular flexibility index (Phi) is 4.64. The summed E-state index contributed by atoms with van der Waals surface area (Å²) >= 11 is 0. The van der Waals surface area contributed by atoms with Gasteiger partial charge in [0, 0.05) is 50.0 Å². The van der Waals surface area contributed by atoms with Gasteiger partial charge in [-0.2, -0.15) is 0 Å². The van der Waals surface area contributed by atoms with Gasteiger partial charge in [-0.3, -0.25) is 4.79 Å². The van der Waals surface area contributed by atoms with Crippen molar-refractivity contribution in [1.82, 2.24) is 9.80 Å². The van der Waals surface area contributed by atoms with Crippen LogP contribution in [0.15, 0.2) is 24.3 Å². The molecule has 2 aliphatic rings. The molecule has 5 nitrogen and oxygen atoms in total. The van der Waals surface area contributed by atoms with E-state index in [0.29, 0.717) is 0 Å². The number of ether oxygens (including phenoxy) is 1. The molecule has 1 atom stereocenters. The van der Waals surface area contributed by atoms with Crippen LogP contribution in [0.1, 0.15) is 17.3 Å². The molecule has 0 unspecified atom stereocenters. The third kappa shape index (κ3) is 3.25. The van der Waals surface area contributed by atoms with Crippen LogP contribution < -0.4 is 4.90 Å². The number of carbonyl (C=O) groups excluding carboxylic acids is 1. The molecule has 2 aliphatic heterocycles. The van der Waals surface area contributed by atoms with E-state index in [9.17, 15) is 4.79 Å². The van der Waals surface area contributed by atoms with Gasteiger partial charge < -0.3 is 19.4 Å². The van der Waals surface area contributed by atoms with E-state index >= 15 is 0 Å². The summed E-state index contributed by atoms with van der Waals surface area (Å²) in [5.74, 6) is 0.147. The molecule has 0 bridgehead atoms. The number of benzene rings is 1. The Labute approximate surface area is 132 Å². The minimum Gasteiger partial charge on any atom is -0.378 e. The van der Waals surface area contributed by atoms with Gasteiger partial charge in [0.15, 0.2) is 0 Å². The SMILES string of the molecule is C[C@H]1CN(C)CCN1C(=O)c1ccc(N2CCOCC2)cc1. The highest BCUT2D eigenvalue weighted by molar-refractivity contribution is 5.94. The van der Waals surface area contributed by atoms with Gasteiger partial charge in [-0.15, -0.1) is 0 Å². The number of amides is 1. The van der Waals surface area contributed by atoms with Crippen molar-refractivity contribution in [3.8, 4) is 0 Å². The fourth-order valence-corrected chi connectivity index (χ4v) is 3.24. The number of hydrogen-bond donors (Lipinski definition) is 0. The van der Waals surface area contributed by atoms with Gasteiger partial charge in [0.2, 0.25) is 0 Å². The van der Waals surface area contributed by atoms with E-state index < -0.39 is 0 Å². The van der Waals surface area contributed by atoms with Gasteiger partial charge in [0.05, 0.1) is 13.2 Å². The number of anilines is 1. The average Bonchev–Trinajstić information content (AvgIpc) is 2.55. The second kappa shape index (κ2) is 6.67. The quantitative estimate of drug-likeness (QED) is 0.825. The van der Waals surface area contributed by atoms with Crippen molar-refractivity contribution in [2.75, 3.05) is 57.9 Å². The van der Waals surface area contributed by atoms with E-state index in [-0.39, 0.29) is 11.9 Å². The van der Waals surface area contributed by atoms with Crippen molar-refractivity contribution in [2.45, 2.75) is 13.0 Å². The third-order valence-electron chi connectivity index (χ3n) is 4.58. The third-order valence-corrected chi connectivity index (χ3v) is 4.58. The minimum atomic E-state index is 0.147. The summed E-state index contributed by atoms with van der Waals surface area (Å²) in [6, 6.07) is 8.29. The monoisotopic (exact) mass is 303 g/mol. The maximum atomic E-state index is 12.7. The predicted octanol–water partition coefficient (Wildman–Crippen LogP) is 1.30. The number of piperazine rings is 1. The Balaban J connectivity index is 1.68. The normalized spacial score (nSPS) is 23.6. The van der Waals surface area contributed by atoms with Crippen LogP contribution in [0.3, 0.4) is 0 Å². The average molecular weight is 303 g/mol. The molecule has 0 aliphatic carbocycles. The van der Waals surface area contributed by atoms with Gasteiger partial charge in [-0.25, -0.2) is 0 Å². The molecular weight excluding hydrogens is 278 g/mol. The van der Waals surface area contributed by atoms with E-state index in [1.807, 2.05) is 17.0 Å². The number of nitrogens with zero attached hydrogens (tertiary/aromatic N) is 3. The van der Waals surface area contributed by atoms with Crippen molar-refractivity contribution in [3.63, 3.8) is 0 Å². The minimum absolute atomic E-state index is 0.147. The number of morpholine rings is 1. The van der Waals surface area contributed by atoms with Crippen molar-refractivity contribution >= 4 is 11.6 Å². The summed E-state index contributed by atoms with van der Waals surface area (Å²) in [6.45, 7) is 8.21. The lowest BCUT2D eigenvalue weighted by molar-refractivity contribution is 0.0533. The fraction of sp³-hybridized carbons (Fsp3) is 0.588. The van der Waals surface area contributed by atoms with Gasteiger partial charge in [-0.1, -0.05) is 0 Å². The Morgan fingerprint density at radius 1 is 1.09 bits per heavy atom. The number of likely N-dealkylation sites (N-methyl/N-ethyl adjacent to an activating group) is 1. The Hall–Kier alpha value is -1.59. The largest absolute Gasteiger partial charge is 0.378 e. The molecule has 1 amide bonds. The topological polar surface area (TPSA) is 36.0 Å². The summed E-state index contributed by atoms with van der Waals surface area (Å²) < 4.78 is 5.38. The van der Waals surface area contributed by atoms with Crippen LogP contribution in [-0.4, -0.2) is 74.7 Å². The Morgan fingerprint density at radius 3 is 2.41 bits per heavy atom. The molecule has 0 radical (unpaired) electrons. The molecule has 2 fully saturated rings. The van der Waals surface area contributed by atoms with Crippen molar-refractivity contribution in [2.24, 2.45) is 0 Å². The highest BCUT2D eigenvalue weighted by Gasteiger charge is 2.26. The fourth-order valence-electron chi connectivity index (χ4n) is 3.24. The first-order chi connectivity index (χ1) is 10.6. The molecule has 5 heteroatoms. The van der Waals surface area contributed by atoms with Gasteiger partial charge >= 0.3 is 0 Å². The molecule has 22 heavy (non-hydrogen) atoms. The number of hydrogen-bond acceptors (Lipinski definition) is 4. The summed E-state index contributed by atoms with van der Waals surface area (Å²) in [7, 11) is 2.11. The van der Waals surface area contributed by atoms with Crippen molar-refractivity contribution in [3.05, 3.63) is 29.8 Å². The lowest BCUT2D eigenvalue weighted by Crippen LogP contribution is -2.52. The summed E-state index contributed by atoms with van der Waals surface area (Å²) in [5.41, 5.74) is 1.96. The number of carbonyl (C=O) groups is 1. The zero-order valence-electron chi connectivity index (χ0n) is 13.5. The zero-order chi connectivity index (χ0) is 15.5. The second-order valence-electron chi connectivity index (χ2n) is 6.26. The highest BCUT2D eigenvalue weighted by Crippen LogP contribution is 2.19. The lowest BCUT2D eigenvalue weighted by atomic mass is 10.1. The maximum absolute atomic E-state index is 12.7. The highest BCUT2D eigenvalue weighted by atomic mass is 16.5. The van der Waals surface area contributed by atoms with E-state index in [4.69, 9.17) is 4.74 Å². The lowest BCUT2D eigenvalue weighted by Gasteiger charge is -2.38. The number of rotatable bonds is 2. The van der Waals surface area contributed by atoms with E-state index in [2.05, 4.69) is 35.9 Å². The van der Waals surface area contributed by atoms with E-state index in [1.165, 1.54) is 5.69 Å². The smallest absolute Gasteiger partial charge is 0.254 e. The zero-order valence-corrected chi connectivity index (χ0v) is 13.5. The van der Waals surface area contributed by atoms with Crippen molar-refractivity contribution < 1.29 is 9.53 Å². The van der Waals surface area contributed by atoms with Crippen molar-refractivity contribution in [1.29, 1.82) is 0 Å². The van der Waals surface area contributed by atoms with Crippen LogP contribution >= 0.6 is 0 Å². The van der Waals surface area contributed by atoms with Gasteiger partial charge in [0.1, 0.15) is 0 Å². The summed E-state index contributed by atoms with van der Waals surface area (Å²) in [6.07, 6.45) is 0. The summed E-state index contributed by atoms with van der Waals surface area (Å²) in [4.78, 5) is 19.2. The van der Waals surface area contributed by atoms with E-state index in [1.54, 1.807) is 0 Å². The molecule has 1 aromatic rings. The molecule has 0 saturated carbocycles. The van der Waals surface area contributed by atoms with Crippen LogP contribution in [0, 0.1) is 0 Å². The summed E-state index contributed by atoms with van der Waals surface area (Å²) in [5, 5.41) is 0. The molecule has 120 valence electrons. The first-order valence-electron chi connectivity index (χ1n) is 8.07. The molecule has 3 rings (SSSR count). The Morgan fingerprint density at radius 2 is 1.77 bits per heavy atom. The standard InChI is InChI=1S/C17H25N3O2/c1-14-13-18(2)7-8-20(14)17(21)15-3-5-16(6-4-15)19-9-11-22-12-10-19/h3-6,14H,7-13H2,1-2H3/t14-/m0/s1. The second-order valence-corrected chi connectivity index (χ2v) is 6.26. The van der Waals surface area contributed by atoms with Crippen LogP contribution in [-0.2, 0) is 4.74 Å². The van der Waals surface area contributed by atoms with Gasteiger partial charge in [0.25, 0.3) is 5.91 Å². The van der Waals surface area contributed by atoms with Crippen LogP contribution in [0.4, 0.5) is 5.69 Å². The molecule has 2 heterocycles.